The summed E-state index contributed by atoms with van der Waals surface area (Å²) in [5.41, 5.74) is 5.68. The number of fused-ring (bicyclic) bond motifs is 5. The number of rotatable bonds is 4. The number of nitrogens with one attached hydrogen (secondary N) is 1. The molecule has 160 valence electrons. The highest BCUT2D eigenvalue weighted by atomic mass is 16.6. The molecule has 31 heavy (non-hydrogen) atoms. The van der Waals surface area contributed by atoms with Gasteiger partial charge in [-0.1, -0.05) is 18.9 Å². The number of nitriles is 1. The zero-order chi connectivity index (χ0) is 21.9. The Labute approximate surface area is 181 Å². The molecule has 0 saturated heterocycles. The number of anilines is 1. The number of hydrogen-bond donors (Lipinski definition) is 2. The second-order valence-electron chi connectivity index (χ2n) is 9.00. The minimum atomic E-state index is -1.30. The van der Waals surface area contributed by atoms with E-state index in [9.17, 15) is 15.6 Å². The van der Waals surface area contributed by atoms with Crippen LogP contribution in [0, 0.1) is 29.4 Å². The van der Waals surface area contributed by atoms with Crippen molar-refractivity contribution in [1.82, 2.24) is 9.63 Å². The molecule has 2 N–H and O–H groups in total. The SMILES string of the molecule is CC1=C2C(c3ccc(C#N)cc3[N+](C)([O-])C2O)c2c(OCCC3CC3)ncc(C)c2N1. The molecule has 1 aliphatic carbocycles. The number of aliphatic hydroxyl groups is 1. The minimum Gasteiger partial charge on any atom is -0.625 e. The second kappa shape index (κ2) is 7.06. The van der Waals surface area contributed by atoms with Gasteiger partial charge < -0.3 is 25.0 Å². The van der Waals surface area contributed by atoms with Crippen LogP contribution in [-0.2, 0) is 0 Å². The van der Waals surface area contributed by atoms with Crippen LogP contribution >= 0.6 is 0 Å². The van der Waals surface area contributed by atoms with Crippen LogP contribution in [0.4, 0.5) is 11.4 Å². The van der Waals surface area contributed by atoms with Crippen molar-refractivity contribution < 1.29 is 9.84 Å². The van der Waals surface area contributed by atoms with Crippen LogP contribution in [0.15, 0.2) is 35.7 Å². The summed E-state index contributed by atoms with van der Waals surface area (Å²) in [6, 6.07) is 7.25. The molecule has 7 nitrogen and oxygen atoms in total. The summed E-state index contributed by atoms with van der Waals surface area (Å²) < 4.78 is 5.17. The van der Waals surface area contributed by atoms with Gasteiger partial charge in [0, 0.05) is 29.1 Å². The van der Waals surface area contributed by atoms with Gasteiger partial charge in [-0.15, -0.1) is 0 Å². The normalized spacial score (nSPS) is 26.3. The van der Waals surface area contributed by atoms with E-state index in [0.717, 1.165) is 40.4 Å². The first-order valence-corrected chi connectivity index (χ1v) is 10.7. The average molecular weight is 418 g/mol. The number of hydroxylamine groups is 2. The summed E-state index contributed by atoms with van der Waals surface area (Å²) in [6.45, 7) is 4.46. The van der Waals surface area contributed by atoms with Crippen LogP contribution in [0.25, 0.3) is 0 Å². The summed E-state index contributed by atoms with van der Waals surface area (Å²) >= 11 is 0. The van der Waals surface area contributed by atoms with Gasteiger partial charge in [0.2, 0.25) is 12.1 Å². The van der Waals surface area contributed by atoms with Crippen molar-refractivity contribution in [3.63, 3.8) is 0 Å². The third kappa shape index (κ3) is 3.10. The third-order valence-electron chi connectivity index (χ3n) is 6.77. The molecule has 3 atom stereocenters. The second-order valence-corrected chi connectivity index (χ2v) is 9.00. The first-order valence-electron chi connectivity index (χ1n) is 10.7. The van der Waals surface area contributed by atoms with Crippen LogP contribution in [-0.4, -0.2) is 30.0 Å². The lowest BCUT2D eigenvalue weighted by Crippen LogP contribution is -2.54. The molecule has 5 rings (SSSR count). The van der Waals surface area contributed by atoms with E-state index in [1.165, 1.54) is 19.9 Å². The summed E-state index contributed by atoms with van der Waals surface area (Å²) in [5.74, 6) is 0.919. The Morgan fingerprint density at radius 2 is 2.13 bits per heavy atom. The maximum Gasteiger partial charge on any atom is 0.220 e. The van der Waals surface area contributed by atoms with Gasteiger partial charge in [0.15, 0.2) is 0 Å². The van der Waals surface area contributed by atoms with Crippen LogP contribution < -0.4 is 14.7 Å². The van der Waals surface area contributed by atoms with Crippen LogP contribution in [0.3, 0.4) is 0 Å². The minimum absolute atomic E-state index is 0.363. The number of allylic oxidation sites excluding steroid dienone is 1. The molecule has 0 spiro atoms. The van der Waals surface area contributed by atoms with Crippen molar-refractivity contribution >= 4 is 11.4 Å². The van der Waals surface area contributed by atoms with E-state index in [2.05, 4.69) is 16.4 Å². The number of ether oxygens (including phenoxy) is 1. The zero-order valence-corrected chi connectivity index (χ0v) is 18.0. The molecular formula is C24H26N4O3. The van der Waals surface area contributed by atoms with Gasteiger partial charge in [-0.3, -0.25) is 0 Å². The molecule has 2 aliphatic heterocycles. The van der Waals surface area contributed by atoms with E-state index < -0.39 is 10.9 Å². The number of benzene rings is 1. The Balaban J connectivity index is 1.70. The average Bonchev–Trinajstić information content (AvgIpc) is 3.57. The summed E-state index contributed by atoms with van der Waals surface area (Å²) in [4.78, 5) is 4.59. The highest BCUT2D eigenvalue weighted by Gasteiger charge is 2.48. The molecule has 0 amide bonds. The van der Waals surface area contributed by atoms with E-state index in [0.29, 0.717) is 29.3 Å². The number of likely N-dealkylation sites (N-methyl/N-ethyl adjacent to an activating group) is 1. The molecular weight excluding hydrogens is 392 g/mol. The lowest BCUT2D eigenvalue weighted by Gasteiger charge is -2.51. The number of aromatic nitrogens is 1. The number of pyridine rings is 1. The van der Waals surface area contributed by atoms with Gasteiger partial charge in [-0.25, -0.2) is 4.98 Å². The number of hydrogen-bond acceptors (Lipinski definition) is 6. The van der Waals surface area contributed by atoms with Crippen molar-refractivity contribution in [3.05, 3.63) is 63.1 Å². The van der Waals surface area contributed by atoms with E-state index in [1.807, 2.05) is 19.9 Å². The topological polar surface area (TPSA) is 101 Å². The van der Waals surface area contributed by atoms with E-state index in [4.69, 9.17) is 4.74 Å². The number of nitrogens with zero attached hydrogens (tertiary/aromatic N) is 3. The molecule has 1 saturated carbocycles. The number of aliphatic hydroxyl groups excluding tert-OH is 1. The standard InChI is InChI=1S/C24H26N4O3/c1-13-12-26-23(31-9-8-15-4-5-15)21-20-17-7-6-16(11-25)10-18(17)28(3,30)24(29)19(20)14(2)27-22(13)21/h6-7,10,12,15,20,24,27,29H,4-5,8-9H2,1-3H3. The maximum absolute atomic E-state index is 13.5. The molecule has 1 fully saturated rings. The molecule has 0 bridgehead atoms. The smallest absolute Gasteiger partial charge is 0.220 e. The molecule has 0 radical (unpaired) electrons. The molecule has 3 unspecified atom stereocenters. The Kier molecular flexibility index (Phi) is 4.56. The largest absolute Gasteiger partial charge is 0.625 e. The fraction of sp³-hybridized carbons (Fsp3) is 0.417. The highest BCUT2D eigenvalue weighted by Crippen LogP contribution is 2.54. The molecule has 7 heteroatoms. The quantitative estimate of drug-likeness (QED) is 0.574. The summed E-state index contributed by atoms with van der Waals surface area (Å²) in [7, 11) is 1.43. The maximum atomic E-state index is 13.5. The van der Waals surface area contributed by atoms with Gasteiger partial charge in [-0.05, 0) is 37.8 Å². The van der Waals surface area contributed by atoms with E-state index in [-0.39, 0.29) is 5.92 Å². The zero-order valence-electron chi connectivity index (χ0n) is 18.0. The van der Waals surface area contributed by atoms with Crippen molar-refractivity contribution in [2.24, 2.45) is 5.92 Å². The predicted octanol–water partition coefficient (Wildman–Crippen LogP) is 4.04. The Morgan fingerprint density at radius 1 is 1.35 bits per heavy atom. The van der Waals surface area contributed by atoms with E-state index >= 15 is 0 Å². The Morgan fingerprint density at radius 3 is 2.84 bits per heavy atom. The first-order chi connectivity index (χ1) is 14.8. The lowest BCUT2D eigenvalue weighted by molar-refractivity contribution is 0.0787. The fourth-order valence-corrected chi connectivity index (χ4v) is 4.82. The van der Waals surface area contributed by atoms with Crippen molar-refractivity contribution in [3.8, 4) is 11.9 Å². The van der Waals surface area contributed by atoms with Crippen LogP contribution in [0.1, 0.15) is 54.4 Å². The Hall–Kier alpha value is -2.92. The van der Waals surface area contributed by atoms with Crippen molar-refractivity contribution in [2.75, 3.05) is 19.0 Å². The molecule has 1 aromatic carbocycles. The monoisotopic (exact) mass is 418 g/mol. The van der Waals surface area contributed by atoms with Gasteiger partial charge in [0.05, 0.1) is 42.5 Å². The van der Waals surface area contributed by atoms with Gasteiger partial charge in [0.1, 0.15) is 5.69 Å². The molecule has 1 aromatic heterocycles. The molecule has 3 heterocycles. The van der Waals surface area contributed by atoms with Crippen molar-refractivity contribution in [1.29, 1.82) is 5.26 Å². The van der Waals surface area contributed by atoms with Gasteiger partial charge in [0.25, 0.3) is 0 Å². The summed E-state index contributed by atoms with van der Waals surface area (Å²) in [5, 5.41) is 37.5. The third-order valence-corrected chi connectivity index (χ3v) is 6.77. The van der Waals surface area contributed by atoms with Crippen LogP contribution in [0.2, 0.25) is 0 Å². The highest BCUT2D eigenvalue weighted by molar-refractivity contribution is 5.76. The summed E-state index contributed by atoms with van der Waals surface area (Å²) in [6.07, 6.45) is 4.03. The number of quaternary nitrogens is 1. The van der Waals surface area contributed by atoms with Gasteiger partial charge in [-0.2, -0.15) is 5.26 Å². The number of aryl methyl sites for hydroxylation is 1. The Bertz CT molecular complexity index is 1140. The predicted molar refractivity (Wildman–Crippen MR) is 118 cm³/mol. The van der Waals surface area contributed by atoms with Crippen molar-refractivity contribution in [2.45, 2.75) is 45.3 Å². The molecule has 2 aromatic rings. The fourth-order valence-electron chi connectivity index (χ4n) is 4.82. The lowest BCUT2D eigenvalue weighted by atomic mass is 9.76. The van der Waals surface area contributed by atoms with E-state index in [1.54, 1.807) is 18.3 Å². The van der Waals surface area contributed by atoms with Crippen LogP contribution in [0.5, 0.6) is 5.88 Å². The van der Waals surface area contributed by atoms with Gasteiger partial charge >= 0.3 is 0 Å². The first kappa shape index (κ1) is 20.0. The molecule has 3 aliphatic rings.